The standard InChI is InChI=1S/C19H29N3O/c1-3-5-9-16(10-6-4-2)20-13-14-22-15-21-18-12-8-7-11-17(18)19(22)23/h7-8,11-12,15-16,20H,3-6,9-10,13-14H2,1-2H3. The number of para-hydroxylation sites is 1. The number of benzene rings is 1. The Kier molecular flexibility index (Phi) is 7.27. The Hall–Kier alpha value is -1.68. The maximum absolute atomic E-state index is 12.4. The number of unbranched alkanes of at least 4 members (excludes halogenated alkanes) is 2. The summed E-state index contributed by atoms with van der Waals surface area (Å²) >= 11 is 0. The Bertz CT molecular complexity index is 642. The van der Waals surface area contributed by atoms with Crippen molar-refractivity contribution in [3.05, 3.63) is 40.9 Å². The molecule has 23 heavy (non-hydrogen) atoms. The molecule has 0 saturated heterocycles. The van der Waals surface area contributed by atoms with Gasteiger partial charge in [0.25, 0.3) is 5.56 Å². The molecule has 4 heteroatoms. The van der Waals surface area contributed by atoms with Gasteiger partial charge in [0, 0.05) is 19.1 Å². The van der Waals surface area contributed by atoms with Gasteiger partial charge in [0.2, 0.25) is 0 Å². The summed E-state index contributed by atoms with van der Waals surface area (Å²) in [6.07, 6.45) is 9.11. The van der Waals surface area contributed by atoms with Crippen LogP contribution in [-0.4, -0.2) is 22.1 Å². The summed E-state index contributed by atoms with van der Waals surface area (Å²) < 4.78 is 1.71. The van der Waals surface area contributed by atoms with Crippen molar-refractivity contribution in [2.75, 3.05) is 6.54 Å². The second-order valence-electron chi connectivity index (χ2n) is 6.20. The van der Waals surface area contributed by atoms with Gasteiger partial charge in [-0.05, 0) is 25.0 Å². The monoisotopic (exact) mass is 315 g/mol. The second-order valence-corrected chi connectivity index (χ2v) is 6.20. The zero-order valence-corrected chi connectivity index (χ0v) is 14.4. The van der Waals surface area contributed by atoms with Gasteiger partial charge in [-0.2, -0.15) is 0 Å². The van der Waals surface area contributed by atoms with Gasteiger partial charge in [-0.3, -0.25) is 9.36 Å². The maximum atomic E-state index is 12.4. The molecule has 1 aromatic heterocycles. The van der Waals surface area contributed by atoms with Crippen LogP contribution in [-0.2, 0) is 6.54 Å². The molecule has 0 radical (unpaired) electrons. The number of hydrogen-bond acceptors (Lipinski definition) is 3. The van der Waals surface area contributed by atoms with Crippen molar-refractivity contribution >= 4 is 10.9 Å². The minimum atomic E-state index is 0.0519. The lowest BCUT2D eigenvalue weighted by Crippen LogP contribution is -2.34. The Morgan fingerprint density at radius 3 is 2.52 bits per heavy atom. The van der Waals surface area contributed by atoms with Crippen LogP contribution in [0.15, 0.2) is 35.4 Å². The zero-order chi connectivity index (χ0) is 16.5. The first-order valence-corrected chi connectivity index (χ1v) is 8.93. The number of nitrogens with zero attached hydrogens (tertiary/aromatic N) is 2. The lowest BCUT2D eigenvalue weighted by Gasteiger charge is -2.18. The van der Waals surface area contributed by atoms with Crippen molar-refractivity contribution in [3.8, 4) is 0 Å². The van der Waals surface area contributed by atoms with Crippen molar-refractivity contribution in [2.45, 2.75) is 65.0 Å². The first-order valence-electron chi connectivity index (χ1n) is 8.93. The lowest BCUT2D eigenvalue weighted by atomic mass is 10.0. The summed E-state index contributed by atoms with van der Waals surface area (Å²) in [6, 6.07) is 8.09. The molecule has 0 spiro atoms. The van der Waals surface area contributed by atoms with Crippen LogP contribution >= 0.6 is 0 Å². The van der Waals surface area contributed by atoms with E-state index in [0.29, 0.717) is 18.0 Å². The van der Waals surface area contributed by atoms with Crippen LogP contribution in [0.1, 0.15) is 52.4 Å². The molecule has 0 unspecified atom stereocenters. The molecular formula is C19H29N3O. The van der Waals surface area contributed by atoms with Gasteiger partial charge in [0.05, 0.1) is 17.2 Å². The van der Waals surface area contributed by atoms with Crippen LogP contribution in [0.2, 0.25) is 0 Å². The van der Waals surface area contributed by atoms with Crippen LogP contribution in [0.4, 0.5) is 0 Å². The summed E-state index contributed by atoms with van der Waals surface area (Å²) in [4.78, 5) is 16.8. The Morgan fingerprint density at radius 2 is 1.83 bits per heavy atom. The quantitative estimate of drug-likeness (QED) is 0.726. The molecule has 0 bridgehead atoms. The van der Waals surface area contributed by atoms with E-state index in [1.165, 1.54) is 38.5 Å². The van der Waals surface area contributed by atoms with Crippen LogP contribution in [0.3, 0.4) is 0 Å². The fourth-order valence-electron chi connectivity index (χ4n) is 2.90. The van der Waals surface area contributed by atoms with Gasteiger partial charge in [-0.15, -0.1) is 0 Å². The van der Waals surface area contributed by atoms with Gasteiger partial charge in [0.1, 0.15) is 0 Å². The van der Waals surface area contributed by atoms with Gasteiger partial charge in [-0.1, -0.05) is 51.7 Å². The normalized spacial score (nSPS) is 11.4. The van der Waals surface area contributed by atoms with Crippen molar-refractivity contribution in [1.29, 1.82) is 0 Å². The smallest absolute Gasteiger partial charge is 0.261 e. The van der Waals surface area contributed by atoms with E-state index in [0.717, 1.165) is 12.1 Å². The van der Waals surface area contributed by atoms with Crippen LogP contribution in [0.25, 0.3) is 10.9 Å². The predicted octanol–water partition coefficient (Wildman–Crippen LogP) is 3.74. The maximum Gasteiger partial charge on any atom is 0.261 e. The molecule has 4 nitrogen and oxygen atoms in total. The van der Waals surface area contributed by atoms with Crippen LogP contribution in [0.5, 0.6) is 0 Å². The van der Waals surface area contributed by atoms with Gasteiger partial charge >= 0.3 is 0 Å². The van der Waals surface area contributed by atoms with Gasteiger partial charge in [0.15, 0.2) is 0 Å². The highest BCUT2D eigenvalue weighted by atomic mass is 16.1. The van der Waals surface area contributed by atoms with E-state index in [1.54, 1.807) is 10.9 Å². The molecule has 1 aromatic carbocycles. The molecule has 0 atom stereocenters. The molecule has 0 aliphatic heterocycles. The predicted molar refractivity (Wildman–Crippen MR) is 96.8 cm³/mol. The molecule has 0 aliphatic carbocycles. The molecule has 2 aromatic rings. The van der Waals surface area contributed by atoms with Crippen molar-refractivity contribution in [1.82, 2.24) is 14.9 Å². The molecular weight excluding hydrogens is 286 g/mol. The molecule has 0 aliphatic rings. The Balaban J connectivity index is 1.94. The van der Waals surface area contributed by atoms with Crippen molar-refractivity contribution < 1.29 is 0 Å². The fraction of sp³-hybridized carbons (Fsp3) is 0.579. The van der Waals surface area contributed by atoms with E-state index in [-0.39, 0.29) is 5.56 Å². The third kappa shape index (κ3) is 5.17. The average molecular weight is 315 g/mol. The first-order chi connectivity index (χ1) is 11.3. The summed E-state index contributed by atoms with van der Waals surface area (Å²) in [7, 11) is 0. The lowest BCUT2D eigenvalue weighted by molar-refractivity contribution is 0.415. The molecule has 1 heterocycles. The SMILES string of the molecule is CCCCC(CCCC)NCCn1cnc2ccccc2c1=O. The van der Waals surface area contributed by atoms with Crippen molar-refractivity contribution in [2.24, 2.45) is 0 Å². The highest BCUT2D eigenvalue weighted by Gasteiger charge is 2.08. The topological polar surface area (TPSA) is 46.9 Å². The molecule has 1 N–H and O–H groups in total. The minimum Gasteiger partial charge on any atom is -0.312 e. The Morgan fingerprint density at radius 1 is 1.13 bits per heavy atom. The Labute approximate surface area is 138 Å². The van der Waals surface area contributed by atoms with Crippen LogP contribution < -0.4 is 10.9 Å². The zero-order valence-electron chi connectivity index (χ0n) is 14.4. The number of rotatable bonds is 10. The molecule has 2 rings (SSSR count). The third-order valence-electron chi connectivity index (χ3n) is 4.33. The molecule has 0 fully saturated rings. The average Bonchev–Trinajstić information content (AvgIpc) is 2.59. The van der Waals surface area contributed by atoms with E-state index in [2.05, 4.69) is 24.1 Å². The molecule has 0 saturated carbocycles. The number of hydrogen-bond donors (Lipinski definition) is 1. The first kappa shape index (κ1) is 17.7. The van der Waals surface area contributed by atoms with Gasteiger partial charge in [-0.25, -0.2) is 4.98 Å². The summed E-state index contributed by atoms with van der Waals surface area (Å²) in [5.74, 6) is 0. The molecule has 0 amide bonds. The molecule has 126 valence electrons. The number of aromatic nitrogens is 2. The largest absolute Gasteiger partial charge is 0.312 e. The minimum absolute atomic E-state index is 0.0519. The van der Waals surface area contributed by atoms with E-state index in [1.807, 2.05) is 24.3 Å². The summed E-state index contributed by atoms with van der Waals surface area (Å²) in [5, 5.41) is 4.32. The summed E-state index contributed by atoms with van der Waals surface area (Å²) in [6.45, 7) is 5.96. The van der Waals surface area contributed by atoms with E-state index < -0.39 is 0 Å². The number of nitrogens with one attached hydrogen (secondary N) is 1. The van der Waals surface area contributed by atoms with Gasteiger partial charge < -0.3 is 5.32 Å². The third-order valence-corrected chi connectivity index (χ3v) is 4.33. The van der Waals surface area contributed by atoms with Crippen LogP contribution in [0, 0.1) is 0 Å². The van der Waals surface area contributed by atoms with E-state index in [9.17, 15) is 4.79 Å². The van der Waals surface area contributed by atoms with E-state index in [4.69, 9.17) is 0 Å². The van der Waals surface area contributed by atoms with E-state index >= 15 is 0 Å². The van der Waals surface area contributed by atoms with Crippen molar-refractivity contribution in [3.63, 3.8) is 0 Å². The summed E-state index contributed by atoms with van der Waals surface area (Å²) in [5.41, 5.74) is 0.821. The highest BCUT2D eigenvalue weighted by Crippen LogP contribution is 2.08. The second kappa shape index (κ2) is 9.46. The fourth-order valence-corrected chi connectivity index (χ4v) is 2.90. The number of fused-ring (bicyclic) bond motifs is 1. The highest BCUT2D eigenvalue weighted by molar-refractivity contribution is 5.76.